The van der Waals surface area contributed by atoms with Crippen LogP contribution in [0.4, 0.5) is 4.79 Å². The molecule has 1 fully saturated rings. The normalized spacial score (nSPS) is 19.5. The second-order valence-electron chi connectivity index (χ2n) is 5.02. The van der Waals surface area contributed by atoms with Crippen molar-refractivity contribution in [3.05, 3.63) is 35.9 Å². The van der Waals surface area contributed by atoms with Crippen LogP contribution >= 0.6 is 11.8 Å². The monoisotopic (exact) mass is 308 g/mol. The number of benzene rings is 1. The van der Waals surface area contributed by atoms with Crippen molar-refractivity contribution in [1.29, 1.82) is 0 Å². The summed E-state index contributed by atoms with van der Waals surface area (Å²) in [5.74, 6) is 0.0684. The van der Waals surface area contributed by atoms with E-state index >= 15 is 0 Å². The van der Waals surface area contributed by atoms with Gasteiger partial charge in [-0.05, 0) is 24.2 Å². The molecule has 2 amide bonds. The summed E-state index contributed by atoms with van der Waals surface area (Å²) in [5, 5.41) is 15.0. The summed E-state index contributed by atoms with van der Waals surface area (Å²) in [6.07, 6.45) is 3.54. The van der Waals surface area contributed by atoms with Crippen molar-refractivity contribution in [3.8, 4) is 0 Å². The summed E-state index contributed by atoms with van der Waals surface area (Å²) < 4.78 is 0. The zero-order chi connectivity index (χ0) is 15.1. The van der Waals surface area contributed by atoms with Gasteiger partial charge in [0.05, 0.1) is 0 Å². The molecular formula is C15H20N2O3S. The number of hydrogen-bond acceptors (Lipinski definition) is 3. The van der Waals surface area contributed by atoms with E-state index in [4.69, 9.17) is 0 Å². The summed E-state index contributed by atoms with van der Waals surface area (Å²) in [4.78, 5) is 23.2. The van der Waals surface area contributed by atoms with E-state index in [0.29, 0.717) is 17.4 Å². The Bertz CT molecular complexity index is 475. The maximum atomic E-state index is 11.9. The van der Waals surface area contributed by atoms with E-state index in [2.05, 4.69) is 10.6 Å². The molecule has 1 saturated heterocycles. The Labute approximate surface area is 128 Å². The fourth-order valence-electron chi connectivity index (χ4n) is 2.29. The van der Waals surface area contributed by atoms with Crippen molar-refractivity contribution in [2.45, 2.75) is 30.6 Å². The van der Waals surface area contributed by atoms with Crippen LogP contribution in [0.1, 0.15) is 30.9 Å². The zero-order valence-corrected chi connectivity index (χ0v) is 12.6. The molecule has 0 aliphatic carbocycles. The van der Waals surface area contributed by atoms with Crippen LogP contribution < -0.4 is 10.6 Å². The van der Waals surface area contributed by atoms with Gasteiger partial charge in [-0.3, -0.25) is 0 Å². The lowest BCUT2D eigenvalue weighted by molar-refractivity contribution is -0.139. The molecule has 0 radical (unpaired) electrons. The molecule has 1 aromatic rings. The first kappa shape index (κ1) is 15.7. The molecule has 3 N–H and O–H groups in total. The van der Waals surface area contributed by atoms with Gasteiger partial charge >= 0.3 is 12.0 Å². The van der Waals surface area contributed by atoms with Crippen LogP contribution in [0, 0.1) is 0 Å². The van der Waals surface area contributed by atoms with Crippen molar-refractivity contribution in [3.63, 3.8) is 0 Å². The lowest BCUT2D eigenvalue weighted by Gasteiger charge is -2.22. The van der Waals surface area contributed by atoms with Crippen LogP contribution in [0.15, 0.2) is 30.3 Å². The fourth-order valence-corrected chi connectivity index (χ4v) is 3.53. The van der Waals surface area contributed by atoms with Crippen LogP contribution in [0.25, 0.3) is 0 Å². The van der Waals surface area contributed by atoms with Crippen LogP contribution in [-0.2, 0) is 4.79 Å². The highest BCUT2D eigenvalue weighted by Crippen LogP contribution is 2.24. The van der Waals surface area contributed by atoms with Crippen molar-refractivity contribution in [2.75, 3.05) is 12.3 Å². The van der Waals surface area contributed by atoms with Crippen LogP contribution in [0.3, 0.4) is 0 Å². The average molecular weight is 308 g/mol. The third-order valence-corrected chi connectivity index (χ3v) is 4.82. The third kappa shape index (κ3) is 4.97. The molecule has 21 heavy (non-hydrogen) atoms. The summed E-state index contributed by atoms with van der Waals surface area (Å²) in [6, 6.07) is 7.24. The van der Waals surface area contributed by atoms with Gasteiger partial charge < -0.3 is 15.7 Å². The maximum absolute atomic E-state index is 11.9. The highest BCUT2D eigenvalue weighted by atomic mass is 32.2. The van der Waals surface area contributed by atoms with Gasteiger partial charge in [-0.2, -0.15) is 11.8 Å². The summed E-state index contributed by atoms with van der Waals surface area (Å²) in [7, 11) is 0. The molecule has 1 aromatic carbocycles. The Morgan fingerprint density at radius 2 is 2.05 bits per heavy atom. The molecule has 1 aliphatic rings. The van der Waals surface area contributed by atoms with E-state index in [0.717, 1.165) is 12.2 Å². The molecule has 0 bridgehead atoms. The number of hydrogen-bond donors (Lipinski definition) is 3. The number of carbonyl (C=O) groups is 2. The van der Waals surface area contributed by atoms with Gasteiger partial charge in [-0.15, -0.1) is 0 Å². The summed E-state index contributed by atoms with van der Waals surface area (Å²) >= 11 is 1.87. The van der Waals surface area contributed by atoms with E-state index in [1.54, 1.807) is 24.3 Å². The predicted molar refractivity (Wildman–Crippen MR) is 83.5 cm³/mol. The van der Waals surface area contributed by atoms with Crippen LogP contribution in [-0.4, -0.2) is 34.7 Å². The van der Waals surface area contributed by atoms with E-state index in [9.17, 15) is 14.7 Å². The first-order valence-electron chi connectivity index (χ1n) is 7.10. The number of thioether (sulfide) groups is 1. The second-order valence-corrected chi connectivity index (χ2v) is 6.43. The number of urea groups is 1. The van der Waals surface area contributed by atoms with Gasteiger partial charge in [0.15, 0.2) is 6.04 Å². The van der Waals surface area contributed by atoms with Gasteiger partial charge in [0.1, 0.15) is 0 Å². The van der Waals surface area contributed by atoms with Crippen LogP contribution in [0.2, 0.25) is 0 Å². The molecule has 2 atom stereocenters. The lowest BCUT2D eigenvalue weighted by Crippen LogP contribution is -2.43. The SMILES string of the molecule is O=C(NCC1CCCCS1)N[C@@H](C(=O)O)c1ccccc1. The zero-order valence-electron chi connectivity index (χ0n) is 11.7. The Kier molecular flexibility index (Phi) is 5.92. The number of carboxylic acids is 1. The van der Waals surface area contributed by atoms with Crippen molar-refractivity contribution in [2.24, 2.45) is 0 Å². The van der Waals surface area contributed by atoms with Crippen molar-refractivity contribution in [1.82, 2.24) is 10.6 Å². The minimum absolute atomic E-state index is 0.433. The van der Waals surface area contributed by atoms with Gasteiger partial charge in [0.25, 0.3) is 0 Å². The Hall–Kier alpha value is -1.69. The molecule has 5 nitrogen and oxygen atoms in total. The molecule has 0 saturated carbocycles. The molecule has 1 aliphatic heterocycles. The number of nitrogens with one attached hydrogen (secondary N) is 2. The molecule has 2 rings (SSSR count). The second kappa shape index (κ2) is 7.93. The average Bonchev–Trinajstić information content (AvgIpc) is 2.52. The van der Waals surface area contributed by atoms with Gasteiger partial charge in [0.2, 0.25) is 0 Å². The quantitative estimate of drug-likeness (QED) is 0.780. The number of carbonyl (C=O) groups excluding carboxylic acids is 1. The van der Waals surface area contributed by atoms with Gasteiger partial charge in [0, 0.05) is 11.8 Å². The fraction of sp³-hybridized carbons (Fsp3) is 0.467. The molecular weight excluding hydrogens is 288 g/mol. The third-order valence-electron chi connectivity index (χ3n) is 3.42. The van der Waals surface area contributed by atoms with Crippen molar-refractivity contribution < 1.29 is 14.7 Å². The van der Waals surface area contributed by atoms with Gasteiger partial charge in [-0.1, -0.05) is 36.8 Å². The summed E-state index contributed by atoms with van der Waals surface area (Å²) in [6.45, 7) is 0.581. The smallest absolute Gasteiger partial charge is 0.330 e. The topological polar surface area (TPSA) is 78.4 Å². The highest BCUT2D eigenvalue weighted by molar-refractivity contribution is 7.99. The molecule has 1 unspecified atom stereocenters. The first-order valence-corrected chi connectivity index (χ1v) is 8.15. The number of carboxylic acid groups (broad SMARTS) is 1. The van der Waals surface area contributed by atoms with Crippen molar-refractivity contribution >= 4 is 23.8 Å². The van der Waals surface area contributed by atoms with E-state index in [-0.39, 0.29) is 0 Å². The maximum Gasteiger partial charge on any atom is 0.330 e. The predicted octanol–water partition coefficient (Wildman–Crippen LogP) is 2.40. The van der Waals surface area contributed by atoms with Gasteiger partial charge in [-0.25, -0.2) is 9.59 Å². The molecule has 1 heterocycles. The minimum atomic E-state index is -1.07. The minimum Gasteiger partial charge on any atom is -0.479 e. The Balaban J connectivity index is 1.85. The van der Waals surface area contributed by atoms with Crippen LogP contribution in [0.5, 0.6) is 0 Å². The van der Waals surface area contributed by atoms with E-state index in [1.165, 1.54) is 12.8 Å². The molecule has 114 valence electrons. The first-order chi connectivity index (χ1) is 10.2. The number of aliphatic carboxylic acids is 1. The Morgan fingerprint density at radius 1 is 1.29 bits per heavy atom. The standard InChI is InChI=1S/C15H20N2O3S/c18-14(19)13(11-6-2-1-3-7-11)17-15(20)16-10-12-8-4-5-9-21-12/h1-3,6-7,12-13H,4-5,8-10H2,(H,18,19)(H2,16,17,20)/t12?,13-/m1/s1. The van der Waals surface area contributed by atoms with E-state index < -0.39 is 18.0 Å². The van der Waals surface area contributed by atoms with E-state index in [1.807, 2.05) is 17.8 Å². The molecule has 6 heteroatoms. The molecule has 0 spiro atoms. The largest absolute Gasteiger partial charge is 0.479 e. The number of amides is 2. The highest BCUT2D eigenvalue weighted by Gasteiger charge is 2.22. The molecule has 0 aromatic heterocycles. The Morgan fingerprint density at radius 3 is 2.67 bits per heavy atom. The summed E-state index contributed by atoms with van der Waals surface area (Å²) in [5.41, 5.74) is 0.562. The lowest BCUT2D eigenvalue weighted by atomic mass is 10.1. The number of rotatable bonds is 5.